The second-order valence-corrected chi connectivity index (χ2v) is 7.16. The molecule has 1 amide bonds. The van der Waals surface area contributed by atoms with Gasteiger partial charge in [-0.15, -0.1) is 0 Å². The van der Waals surface area contributed by atoms with E-state index in [4.69, 9.17) is 4.74 Å². The molecule has 1 atom stereocenters. The van der Waals surface area contributed by atoms with Gasteiger partial charge in [-0.3, -0.25) is 9.69 Å². The van der Waals surface area contributed by atoms with Crippen LogP contribution in [0.25, 0.3) is 0 Å². The molecule has 0 aliphatic carbocycles. The lowest BCUT2D eigenvalue weighted by atomic mass is 10.1. The molecule has 1 N–H and O–H groups in total. The number of carbonyl (C=O) groups excluding carboxylic acids is 1. The van der Waals surface area contributed by atoms with Crippen molar-refractivity contribution in [1.29, 1.82) is 0 Å². The van der Waals surface area contributed by atoms with Gasteiger partial charge < -0.3 is 10.1 Å². The normalized spacial score (nSPS) is 18.1. The molecule has 1 heterocycles. The van der Waals surface area contributed by atoms with Crippen molar-refractivity contribution in [1.82, 2.24) is 4.90 Å². The Labute approximate surface area is 157 Å². The Bertz CT molecular complexity index is 701. The third kappa shape index (κ3) is 5.14. The molecule has 0 spiro atoms. The molecule has 4 nitrogen and oxygen atoms in total. The van der Waals surface area contributed by atoms with Gasteiger partial charge in [0, 0.05) is 23.2 Å². The minimum Gasteiger partial charge on any atom is -0.371 e. The minimum atomic E-state index is 0.0125. The fraction of sp³-hybridized carbons (Fsp3) is 0.350. The topological polar surface area (TPSA) is 41.6 Å². The van der Waals surface area contributed by atoms with Crippen molar-refractivity contribution in [2.75, 3.05) is 31.6 Å². The van der Waals surface area contributed by atoms with Crippen molar-refractivity contribution >= 4 is 27.5 Å². The summed E-state index contributed by atoms with van der Waals surface area (Å²) in [5.74, 6) is 0.0145. The van der Waals surface area contributed by atoms with E-state index in [9.17, 15) is 4.79 Å². The predicted octanol–water partition coefficient (Wildman–Crippen LogP) is 4.02. The molecule has 2 aromatic rings. The zero-order chi connectivity index (χ0) is 17.6. The molecule has 0 bridgehead atoms. The molecule has 0 saturated carbocycles. The predicted molar refractivity (Wildman–Crippen MR) is 104 cm³/mol. The first kappa shape index (κ1) is 18.1. The Morgan fingerprint density at radius 2 is 1.92 bits per heavy atom. The van der Waals surface area contributed by atoms with Gasteiger partial charge in [0.2, 0.25) is 5.91 Å². The summed E-state index contributed by atoms with van der Waals surface area (Å²) in [4.78, 5) is 14.5. The van der Waals surface area contributed by atoms with Crippen molar-refractivity contribution < 1.29 is 9.53 Å². The van der Waals surface area contributed by atoms with E-state index in [1.807, 2.05) is 36.4 Å². The molecule has 5 heteroatoms. The highest BCUT2D eigenvalue weighted by Gasteiger charge is 2.23. The third-order valence-corrected chi connectivity index (χ3v) is 4.93. The number of nitrogens with one attached hydrogen (secondary N) is 1. The van der Waals surface area contributed by atoms with Crippen LogP contribution in [0.1, 0.15) is 24.2 Å². The molecular formula is C20H23BrN2O2. The molecule has 0 radical (unpaired) electrons. The first-order valence-electron chi connectivity index (χ1n) is 8.62. The maximum absolute atomic E-state index is 12.3. The maximum Gasteiger partial charge on any atom is 0.238 e. The number of aryl methyl sites for hydroxylation is 1. The largest absolute Gasteiger partial charge is 0.371 e. The lowest BCUT2D eigenvalue weighted by molar-refractivity contribution is -0.119. The van der Waals surface area contributed by atoms with Gasteiger partial charge in [-0.1, -0.05) is 47.1 Å². The molecule has 3 rings (SSSR count). The highest BCUT2D eigenvalue weighted by Crippen LogP contribution is 2.23. The van der Waals surface area contributed by atoms with Crippen molar-refractivity contribution in [3.63, 3.8) is 0 Å². The molecular weight excluding hydrogens is 380 g/mol. The number of benzene rings is 2. The lowest BCUT2D eigenvalue weighted by Gasteiger charge is -2.32. The molecule has 1 aliphatic heterocycles. The second-order valence-electron chi connectivity index (χ2n) is 6.24. The van der Waals surface area contributed by atoms with E-state index >= 15 is 0 Å². The number of amides is 1. The Morgan fingerprint density at radius 3 is 2.60 bits per heavy atom. The van der Waals surface area contributed by atoms with Gasteiger partial charge in [0.1, 0.15) is 0 Å². The van der Waals surface area contributed by atoms with Crippen molar-refractivity contribution in [2.24, 2.45) is 0 Å². The van der Waals surface area contributed by atoms with Gasteiger partial charge in [0.25, 0.3) is 0 Å². The number of hydrogen-bond donors (Lipinski definition) is 1. The van der Waals surface area contributed by atoms with Crippen LogP contribution in [-0.2, 0) is 16.0 Å². The summed E-state index contributed by atoms with van der Waals surface area (Å²) in [6.45, 7) is 4.64. The van der Waals surface area contributed by atoms with Crippen LogP contribution >= 0.6 is 15.9 Å². The van der Waals surface area contributed by atoms with E-state index < -0.39 is 0 Å². The van der Waals surface area contributed by atoms with E-state index in [0.29, 0.717) is 13.2 Å². The number of halogens is 1. The lowest BCUT2D eigenvalue weighted by Crippen LogP contribution is -2.42. The first-order valence-corrected chi connectivity index (χ1v) is 9.41. The fourth-order valence-electron chi connectivity index (χ4n) is 2.95. The molecule has 0 aromatic heterocycles. The van der Waals surface area contributed by atoms with Crippen molar-refractivity contribution in [2.45, 2.75) is 19.4 Å². The van der Waals surface area contributed by atoms with Crippen molar-refractivity contribution in [3.8, 4) is 0 Å². The van der Waals surface area contributed by atoms with Crippen LogP contribution in [0.4, 0.5) is 5.69 Å². The van der Waals surface area contributed by atoms with Crippen LogP contribution < -0.4 is 5.32 Å². The van der Waals surface area contributed by atoms with E-state index in [2.05, 4.69) is 45.2 Å². The van der Waals surface area contributed by atoms with Gasteiger partial charge in [-0.25, -0.2) is 0 Å². The van der Waals surface area contributed by atoms with E-state index in [-0.39, 0.29) is 12.0 Å². The summed E-state index contributed by atoms with van der Waals surface area (Å²) >= 11 is 3.45. The molecule has 132 valence electrons. The van der Waals surface area contributed by atoms with Crippen LogP contribution in [0.15, 0.2) is 53.0 Å². The zero-order valence-electron chi connectivity index (χ0n) is 14.4. The van der Waals surface area contributed by atoms with Crippen LogP contribution in [0, 0.1) is 0 Å². The molecule has 1 unspecified atom stereocenters. The summed E-state index contributed by atoms with van der Waals surface area (Å²) in [6.07, 6.45) is 1.01. The molecule has 25 heavy (non-hydrogen) atoms. The fourth-order valence-corrected chi connectivity index (χ4v) is 3.22. The number of anilines is 1. The number of hydrogen-bond acceptors (Lipinski definition) is 3. The van der Waals surface area contributed by atoms with E-state index in [1.165, 1.54) is 5.56 Å². The standard InChI is InChI=1S/C20H23BrN2O2/c1-2-15-3-9-18(10-4-15)22-20(24)14-23-11-12-25-19(13-23)16-5-7-17(21)8-6-16/h3-10,19H,2,11-14H2,1H3,(H,22,24). The summed E-state index contributed by atoms with van der Waals surface area (Å²) in [7, 11) is 0. The molecule has 2 aromatic carbocycles. The average molecular weight is 403 g/mol. The Kier molecular flexibility index (Phi) is 6.24. The minimum absolute atomic E-state index is 0.0125. The summed E-state index contributed by atoms with van der Waals surface area (Å²) in [6, 6.07) is 16.2. The Morgan fingerprint density at radius 1 is 1.20 bits per heavy atom. The summed E-state index contributed by atoms with van der Waals surface area (Å²) in [5.41, 5.74) is 3.26. The van der Waals surface area contributed by atoms with Gasteiger partial charge in [0.05, 0.1) is 19.3 Å². The monoisotopic (exact) mass is 402 g/mol. The van der Waals surface area contributed by atoms with E-state index in [0.717, 1.165) is 35.2 Å². The van der Waals surface area contributed by atoms with Crippen molar-refractivity contribution in [3.05, 3.63) is 64.1 Å². The maximum atomic E-state index is 12.3. The quantitative estimate of drug-likeness (QED) is 0.820. The SMILES string of the molecule is CCc1ccc(NC(=O)CN2CCOC(c3ccc(Br)cc3)C2)cc1. The Hall–Kier alpha value is -1.69. The molecule has 1 fully saturated rings. The van der Waals surface area contributed by atoms with Gasteiger partial charge in [-0.05, 0) is 41.8 Å². The Balaban J connectivity index is 1.54. The van der Waals surface area contributed by atoms with Crippen LogP contribution in [0.3, 0.4) is 0 Å². The number of morpholine rings is 1. The smallest absolute Gasteiger partial charge is 0.238 e. The first-order chi connectivity index (χ1) is 12.1. The van der Waals surface area contributed by atoms with E-state index in [1.54, 1.807) is 0 Å². The number of nitrogens with zero attached hydrogens (tertiary/aromatic N) is 1. The van der Waals surface area contributed by atoms with Gasteiger partial charge in [-0.2, -0.15) is 0 Å². The van der Waals surface area contributed by atoms with Crippen LogP contribution in [0.2, 0.25) is 0 Å². The highest BCUT2D eigenvalue weighted by molar-refractivity contribution is 9.10. The summed E-state index contributed by atoms with van der Waals surface area (Å²) in [5, 5.41) is 2.97. The number of ether oxygens (including phenoxy) is 1. The van der Waals surface area contributed by atoms with Gasteiger partial charge >= 0.3 is 0 Å². The third-order valence-electron chi connectivity index (χ3n) is 4.41. The van der Waals surface area contributed by atoms with Crippen LogP contribution in [0.5, 0.6) is 0 Å². The number of carbonyl (C=O) groups is 1. The molecule has 1 aliphatic rings. The average Bonchev–Trinajstić information content (AvgIpc) is 2.63. The highest BCUT2D eigenvalue weighted by atomic mass is 79.9. The molecule has 1 saturated heterocycles. The van der Waals surface area contributed by atoms with Gasteiger partial charge in [0.15, 0.2) is 0 Å². The zero-order valence-corrected chi connectivity index (χ0v) is 16.0. The second kappa shape index (κ2) is 8.61. The number of rotatable bonds is 5. The van der Waals surface area contributed by atoms with Crippen LogP contribution in [-0.4, -0.2) is 37.0 Å². The summed E-state index contributed by atoms with van der Waals surface area (Å²) < 4.78 is 6.92.